The molecule has 0 aliphatic carbocycles. The molecule has 0 saturated heterocycles. The molecule has 0 N–H and O–H groups in total. The van der Waals surface area contributed by atoms with Crippen molar-refractivity contribution in [2.24, 2.45) is 0 Å². The zero-order chi connectivity index (χ0) is 9.90. The molecule has 0 aromatic carbocycles. The average molecular weight is 223 g/mol. The first-order valence-electron chi connectivity index (χ1n) is 3.28. The van der Waals surface area contributed by atoms with E-state index in [4.69, 9.17) is 15.4 Å². The Balaban J connectivity index is 2.81. The second-order valence-corrected chi connectivity index (χ2v) is 5.04. The molecule has 1 rings (SSSR count). The van der Waals surface area contributed by atoms with Gasteiger partial charge in [-0.05, 0) is 0 Å². The number of ether oxygens (including phenoxy) is 1. The third-order valence-electron chi connectivity index (χ3n) is 1.20. The third kappa shape index (κ3) is 3.56. The van der Waals surface area contributed by atoms with Crippen LogP contribution in [-0.2, 0) is 14.8 Å². The van der Waals surface area contributed by atoms with E-state index < -0.39 is 9.05 Å². The van der Waals surface area contributed by atoms with Crippen LogP contribution in [0.1, 0.15) is 5.56 Å². The minimum absolute atomic E-state index is 0.190. The number of aromatic nitrogens is 2. The molecule has 0 fully saturated rings. The molecule has 0 aliphatic heterocycles. The quantitative estimate of drug-likeness (QED) is 0.699. The second-order valence-electron chi connectivity index (χ2n) is 2.26. The fraction of sp³-hybridized carbons (Fsp3) is 0.333. The predicted octanol–water partition coefficient (Wildman–Crippen LogP) is 0.554. The van der Waals surface area contributed by atoms with Crippen LogP contribution in [0.4, 0.5) is 0 Å². The van der Waals surface area contributed by atoms with E-state index in [1.807, 2.05) is 0 Å². The molecule has 5 nitrogen and oxygen atoms in total. The Morgan fingerprint density at radius 3 is 2.38 bits per heavy atom. The highest BCUT2D eigenvalue weighted by Gasteiger charge is 2.07. The summed E-state index contributed by atoms with van der Waals surface area (Å²) in [5.74, 6) is -0.279. The monoisotopic (exact) mass is 222 g/mol. The minimum Gasteiger partial charge on any atom is -0.467 e. The van der Waals surface area contributed by atoms with Gasteiger partial charge in [0.05, 0.1) is 12.9 Å². The Morgan fingerprint density at radius 1 is 1.46 bits per heavy atom. The number of hydrogen-bond acceptors (Lipinski definition) is 5. The Hall–Kier alpha value is -0.880. The molecular formula is C6H7ClN2O3S. The van der Waals surface area contributed by atoms with Crippen molar-refractivity contribution in [1.82, 2.24) is 9.97 Å². The van der Waals surface area contributed by atoms with Gasteiger partial charge in [0.25, 0.3) is 0 Å². The van der Waals surface area contributed by atoms with Crippen LogP contribution >= 0.6 is 10.7 Å². The second kappa shape index (κ2) is 3.89. The average Bonchev–Trinajstić information content (AvgIpc) is 2.03. The van der Waals surface area contributed by atoms with E-state index in [2.05, 4.69) is 9.97 Å². The number of halogens is 1. The van der Waals surface area contributed by atoms with E-state index in [9.17, 15) is 8.42 Å². The molecule has 7 heteroatoms. The van der Waals surface area contributed by atoms with Gasteiger partial charge in [-0.25, -0.2) is 18.4 Å². The van der Waals surface area contributed by atoms with Gasteiger partial charge in [0, 0.05) is 28.6 Å². The van der Waals surface area contributed by atoms with Gasteiger partial charge in [-0.3, -0.25) is 0 Å². The summed E-state index contributed by atoms with van der Waals surface area (Å²) in [5, 5.41) is 0. The van der Waals surface area contributed by atoms with Crippen LogP contribution in [0.2, 0.25) is 0 Å². The highest BCUT2D eigenvalue weighted by Crippen LogP contribution is 2.08. The summed E-state index contributed by atoms with van der Waals surface area (Å²) in [7, 11) is 2.91. The summed E-state index contributed by atoms with van der Waals surface area (Å²) in [6, 6.07) is 0.190. The lowest BCUT2D eigenvalue weighted by Gasteiger charge is -1.98. The van der Waals surface area contributed by atoms with Crippen LogP contribution in [-0.4, -0.2) is 25.5 Å². The van der Waals surface area contributed by atoms with Gasteiger partial charge >= 0.3 is 6.01 Å². The van der Waals surface area contributed by atoms with Gasteiger partial charge in [-0.2, -0.15) is 0 Å². The van der Waals surface area contributed by atoms with E-state index in [1.165, 1.54) is 19.5 Å². The van der Waals surface area contributed by atoms with Crippen molar-refractivity contribution in [3.05, 3.63) is 18.0 Å². The fourth-order valence-electron chi connectivity index (χ4n) is 0.722. The molecule has 0 radical (unpaired) electrons. The summed E-state index contributed by atoms with van der Waals surface area (Å²) >= 11 is 0. The van der Waals surface area contributed by atoms with Crippen LogP contribution in [0, 0.1) is 0 Å². The molecule has 72 valence electrons. The van der Waals surface area contributed by atoms with Crippen LogP contribution in [0.5, 0.6) is 6.01 Å². The first kappa shape index (κ1) is 10.2. The largest absolute Gasteiger partial charge is 0.467 e. The fourth-order valence-corrected chi connectivity index (χ4v) is 1.65. The molecular weight excluding hydrogens is 216 g/mol. The molecule has 0 bridgehead atoms. The number of nitrogens with zero attached hydrogens (tertiary/aromatic N) is 2. The topological polar surface area (TPSA) is 69.2 Å². The normalized spacial score (nSPS) is 11.2. The first-order valence-corrected chi connectivity index (χ1v) is 5.76. The van der Waals surface area contributed by atoms with Crippen molar-refractivity contribution in [1.29, 1.82) is 0 Å². The summed E-state index contributed by atoms with van der Waals surface area (Å²) < 4.78 is 26.0. The lowest BCUT2D eigenvalue weighted by atomic mass is 10.4. The Bertz CT molecular complexity index is 375. The summed E-state index contributed by atoms with van der Waals surface area (Å²) in [4.78, 5) is 7.45. The Kier molecular flexibility index (Phi) is 3.05. The van der Waals surface area contributed by atoms with Gasteiger partial charge in [0.1, 0.15) is 0 Å². The molecule has 0 unspecified atom stereocenters. The third-order valence-corrected chi connectivity index (χ3v) is 2.21. The van der Waals surface area contributed by atoms with E-state index in [0.717, 1.165) is 0 Å². The van der Waals surface area contributed by atoms with Gasteiger partial charge in [0.15, 0.2) is 0 Å². The standard InChI is InChI=1S/C6H7ClN2O3S/c1-12-6-8-2-5(3-9-6)4-13(7,10)11/h2-3H,4H2,1H3. The van der Waals surface area contributed by atoms with Crippen LogP contribution < -0.4 is 4.74 Å². The molecule has 0 spiro atoms. The smallest absolute Gasteiger partial charge is 0.316 e. The maximum atomic E-state index is 10.6. The summed E-state index contributed by atoms with van der Waals surface area (Å²) in [5.41, 5.74) is 0.427. The lowest BCUT2D eigenvalue weighted by molar-refractivity contribution is 0.379. The molecule has 13 heavy (non-hydrogen) atoms. The maximum Gasteiger partial charge on any atom is 0.316 e. The SMILES string of the molecule is COc1ncc(CS(=O)(=O)Cl)cn1. The highest BCUT2D eigenvalue weighted by atomic mass is 35.7. The Labute approximate surface area is 80.1 Å². The van der Waals surface area contributed by atoms with Crippen LogP contribution in [0.25, 0.3) is 0 Å². The van der Waals surface area contributed by atoms with Crippen molar-refractivity contribution in [2.75, 3.05) is 7.11 Å². The van der Waals surface area contributed by atoms with Crippen molar-refractivity contribution >= 4 is 19.7 Å². The predicted molar refractivity (Wildman–Crippen MR) is 47.1 cm³/mol. The molecule has 1 aromatic rings. The highest BCUT2D eigenvalue weighted by molar-refractivity contribution is 8.13. The van der Waals surface area contributed by atoms with Crippen molar-refractivity contribution < 1.29 is 13.2 Å². The molecule has 1 aromatic heterocycles. The lowest BCUT2D eigenvalue weighted by Crippen LogP contribution is -1.98. The molecule has 0 atom stereocenters. The van der Waals surface area contributed by atoms with Gasteiger partial charge in [-0.1, -0.05) is 0 Å². The van der Waals surface area contributed by atoms with Crippen molar-refractivity contribution in [2.45, 2.75) is 5.75 Å². The van der Waals surface area contributed by atoms with Gasteiger partial charge < -0.3 is 4.74 Å². The zero-order valence-corrected chi connectivity index (χ0v) is 8.34. The molecule has 0 saturated carbocycles. The molecule has 0 aliphatic rings. The molecule has 0 amide bonds. The van der Waals surface area contributed by atoms with Gasteiger partial charge in [-0.15, -0.1) is 0 Å². The van der Waals surface area contributed by atoms with E-state index in [0.29, 0.717) is 5.56 Å². The number of methoxy groups -OCH3 is 1. The Morgan fingerprint density at radius 2 is 2.00 bits per heavy atom. The number of rotatable bonds is 3. The zero-order valence-electron chi connectivity index (χ0n) is 6.77. The maximum absolute atomic E-state index is 10.6. The van der Waals surface area contributed by atoms with Gasteiger partial charge in [0.2, 0.25) is 9.05 Å². The summed E-state index contributed by atoms with van der Waals surface area (Å²) in [6.45, 7) is 0. The van der Waals surface area contributed by atoms with Crippen molar-refractivity contribution in [3.63, 3.8) is 0 Å². The van der Waals surface area contributed by atoms with Crippen molar-refractivity contribution in [3.8, 4) is 6.01 Å². The van der Waals surface area contributed by atoms with E-state index >= 15 is 0 Å². The van der Waals surface area contributed by atoms with Crippen LogP contribution in [0.15, 0.2) is 12.4 Å². The first-order chi connectivity index (χ1) is 6.01. The summed E-state index contributed by atoms with van der Waals surface area (Å²) in [6.07, 6.45) is 2.71. The minimum atomic E-state index is -3.55. The van der Waals surface area contributed by atoms with E-state index in [1.54, 1.807) is 0 Å². The number of hydrogen-bond donors (Lipinski definition) is 0. The van der Waals surface area contributed by atoms with E-state index in [-0.39, 0.29) is 11.8 Å². The van der Waals surface area contributed by atoms with Crippen LogP contribution in [0.3, 0.4) is 0 Å². The molecule has 1 heterocycles.